The van der Waals surface area contributed by atoms with Gasteiger partial charge in [0.25, 0.3) is 0 Å². The molecule has 2 aromatic carbocycles. The van der Waals surface area contributed by atoms with Gasteiger partial charge >= 0.3 is 6.09 Å². The lowest BCUT2D eigenvalue weighted by atomic mass is 10.0. The van der Waals surface area contributed by atoms with Crippen molar-refractivity contribution in [3.8, 4) is 23.0 Å². The third kappa shape index (κ3) is 4.51. The molecule has 0 atom stereocenters. The van der Waals surface area contributed by atoms with Crippen molar-refractivity contribution in [1.82, 2.24) is 9.80 Å². The van der Waals surface area contributed by atoms with Gasteiger partial charge in [-0.25, -0.2) is 4.79 Å². The molecular formula is C25H28N2O7. The zero-order chi connectivity index (χ0) is 24.2. The number of Topliss-reactive ketones (excluding diaryl/α,β-unsaturated/α-hetero) is 1. The first-order valence-electron chi connectivity index (χ1n) is 11.1. The second-order valence-corrected chi connectivity index (χ2v) is 7.92. The molecule has 0 bridgehead atoms. The van der Waals surface area contributed by atoms with Crippen LogP contribution in [0.15, 0.2) is 36.1 Å². The number of piperazine rings is 1. The smallest absolute Gasteiger partial charge is 0.409 e. The van der Waals surface area contributed by atoms with Crippen LogP contribution in [0.4, 0.5) is 4.79 Å². The van der Waals surface area contributed by atoms with Crippen LogP contribution in [-0.2, 0) is 11.3 Å². The van der Waals surface area contributed by atoms with Gasteiger partial charge in [-0.1, -0.05) is 12.1 Å². The predicted octanol–water partition coefficient (Wildman–Crippen LogP) is 3.30. The van der Waals surface area contributed by atoms with Crippen molar-refractivity contribution < 1.29 is 33.6 Å². The van der Waals surface area contributed by atoms with E-state index in [2.05, 4.69) is 4.90 Å². The van der Waals surface area contributed by atoms with Crippen LogP contribution in [0.5, 0.6) is 23.0 Å². The molecule has 9 nitrogen and oxygen atoms in total. The molecule has 0 spiro atoms. The topological polar surface area (TPSA) is 97.8 Å². The maximum atomic E-state index is 13.1. The van der Waals surface area contributed by atoms with Gasteiger partial charge in [-0.3, -0.25) is 9.69 Å². The maximum absolute atomic E-state index is 13.1. The van der Waals surface area contributed by atoms with Crippen molar-refractivity contribution in [3.05, 3.63) is 52.8 Å². The molecule has 2 aliphatic heterocycles. The molecule has 34 heavy (non-hydrogen) atoms. The molecule has 1 saturated heterocycles. The van der Waals surface area contributed by atoms with Crippen LogP contribution in [0, 0.1) is 0 Å². The number of carbonyl (C=O) groups excluding carboxylic acids is 2. The third-order valence-corrected chi connectivity index (χ3v) is 5.92. The number of hydrogen-bond acceptors (Lipinski definition) is 8. The van der Waals surface area contributed by atoms with Crippen LogP contribution in [0.1, 0.15) is 28.4 Å². The summed E-state index contributed by atoms with van der Waals surface area (Å²) >= 11 is 0. The molecular weight excluding hydrogens is 440 g/mol. The van der Waals surface area contributed by atoms with Gasteiger partial charge in [-0.15, -0.1) is 0 Å². The number of fused-ring (bicyclic) bond motifs is 1. The average Bonchev–Trinajstić information content (AvgIpc) is 3.16. The second kappa shape index (κ2) is 10.0. The number of allylic oxidation sites excluding steroid dienone is 1. The minimum Gasteiger partial charge on any atom is -0.507 e. The number of methoxy groups -OCH3 is 2. The zero-order valence-electron chi connectivity index (χ0n) is 19.5. The van der Waals surface area contributed by atoms with Gasteiger partial charge < -0.3 is 29.0 Å². The Hall–Kier alpha value is -3.72. The van der Waals surface area contributed by atoms with Crippen LogP contribution >= 0.6 is 0 Å². The van der Waals surface area contributed by atoms with Crippen molar-refractivity contribution in [1.29, 1.82) is 0 Å². The van der Waals surface area contributed by atoms with E-state index in [9.17, 15) is 14.7 Å². The summed E-state index contributed by atoms with van der Waals surface area (Å²) in [6.07, 6.45) is 1.30. The summed E-state index contributed by atoms with van der Waals surface area (Å²) in [4.78, 5) is 28.8. The number of aromatic hydroxyl groups is 1. The Balaban J connectivity index is 1.55. The maximum Gasteiger partial charge on any atom is 0.409 e. The zero-order valence-corrected chi connectivity index (χ0v) is 19.5. The number of phenolic OH excluding ortho intramolecular Hbond substituents is 1. The monoisotopic (exact) mass is 468 g/mol. The molecule has 0 aliphatic carbocycles. The van der Waals surface area contributed by atoms with Gasteiger partial charge in [0, 0.05) is 38.3 Å². The summed E-state index contributed by atoms with van der Waals surface area (Å²) < 4.78 is 21.8. The fraction of sp³-hybridized carbons (Fsp3) is 0.360. The van der Waals surface area contributed by atoms with Crippen molar-refractivity contribution in [2.24, 2.45) is 0 Å². The van der Waals surface area contributed by atoms with E-state index in [4.69, 9.17) is 18.9 Å². The van der Waals surface area contributed by atoms with Gasteiger partial charge in [0.1, 0.15) is 11.5 Å². The molecule has 4 rings (SSSR count). The van der Waals surface area contributed by atoms with Gasteiger partial charge in [0.05, 0.1) is 32.0 Å². The number of benzene rings is 2. The highest BCUT2D eigenvalue weighted by Crippen LogP contribution is 2.41. The number of ether oxygens (including phenoxy) is 4. The van der Waals surface area contributed by atoms with E-state index >= 15 is 0 Å². The average molecular weight is 469 g/mol. The molecule has 1 N–H and O–H groups in total. The van der Waals surface area contributed by atoms with Gasteiger partial charge in [0.15, 0.2) is 17.3 Å². The van der Waals surface area contributed by atoms with E-state index < -0.39 is 0 Å². The molecule has 2 heterocycles. The molecule has 180 valence electrons. The van der Waals surface area contributed by atoms with E-state index in [-0.39, 0.29) is 23.4 Å². The quantitative estimate of drug-likeness (QED) is 0.645. The van der Waals surface area contributed by atoms with Crippen LogP contribution < -0.4 is 14.2 Å². The lowest BCUT2D eigenvalue weighted by Crippen LogP contribution is -2.48. The number of rotatable bonds is 6. The molecule has 0 saturated carbocycles. The predicted molar refractivity (Wildman–Crippen MR) is 124 cm³/mol. The van der Waals surface area contributed by atoms with Crippen LogP contribution in [0.25, 0.3) is 6.08 Å². The number of amides is 1. The SMILES string of the molecule is CCOC(=O)N1CCN(Cc2c(O)ccc3c2O/C(=C/c2cccc(OC)c2OC)C3=O)CC1. The Morgan fingerprint density at radius 2 is 1.88 bits per heavy atom. The summed E-state index contributed by atoms with van der Waals surface area (Å²) in [6, 6.07) is 8.45. The summed E-state index contributed by atoms with van der Waals surface area (Å²) in [5.41, 5.74) is 1.57. The number of phenols is 1. The summed E-state index contributed by atoms with van der Waals surface area (Å²) in [6.45, 7) is 4.77. The summed E-state index contributed by atoms with van der Waals surface area (Å²) in [5, 5.41) is 10.6. The highest BCUT2D eigenvalue weighted by molar-refractivity contribution is 6.15. The molecule has 1 fully saturated rings. The van der Waals surface area contributed by atoms with E-state index in [0.29, 0.717) is 73.3 Å². The first kappa shape index (κ1) is 23.4. The number of nitrogens with zero attached hydrogens (tertiary/aromatic N) is 2. The molecule has 0 unspecified atom stereocenters. The lowest BCUT2D eigenvalue weighted by molar-refractivity contribution is 0.0774. The molecule has 0 aromatic heterocycles. The van der Waals surface area contributed by atoms with E-state index in [0.717, 1.165) is 0 Å². The van der Waals surface area contributed by atoms with Crippen LogP contribution in [0.3, 0.4) is 0 Å². The minimum absolute atomic E-state index is 0.0552. The van der Waals surface area contributed by atoms with Gasteiger partial charge in [-0.2, -0.15) is 0 Å². The Bertz CT molecular complexity index is 1120. The highest BCUT2D eigenvalue weighted by Gasteiger charge is 2.33. The van der Waals surface area contributed by atoms with Crippen molar-refractivity contribution in [2.45, 2.75) is 13.5 Å². The minimum atomic E-state index is -0.317. The largest absolute Gasteiger partial charge is 0.507 e. The van der Waals surface area contributed by atoms with Gasteiger partial charge in [0.2, 0.25) is 5.78 Å². The number of carbonyl (C=O) groups is 2. The third-order valence-electron chi connectivity index (χ3n) is 5.92. The Morgan fingerprint density at radius 1 is 1.12 bits per heavy atom. The molecule has 2 aromatic rings. The first-order chi connectivity index (χ1) is 16.5. The Kier molecular flexibility index (Phi) is 6.93. The fourth-order valence-electron chi connectivity index (χ4n) is 4.14. The molecule has 1 amide bonds. The van der Waals surface area contributed by atoms with E-state index in [1.807, 2.05) is 0 Å². The van der Waals surface area contributed by atoms with Crippen molar-refractivity contribution >= 4 is 18.0 Å². The number of para-hydroxylation sites is 1. The summed E-state index contributed by atoms with van der Waals surface area (Å²) in [5.74, 6) is 1.31. The second-order valence-electron chi connectivity index (χ2n) is 7.92. The van der Waals surface area contributed by atoms with E-state index in [1.54, 1.807) is 49.3 Å². The fourth-order valence-corrected chi connectivity index (χ4v) is 4.14. The van der Waals surface area contributed by atoms with Crippen molar-refractivity contribution in [2.75, 3.05) is 47.0 Å². The van der Waals surface area contributed by atoms with Gasteiger partial charge in [-0.05, 0) is 31.2 Å². The number of ketones is 1. The van der Waals surface area contributed by atoms with Crippen LogP contribution in [0.2, 0.25) is 0 Å². The summed E-state index contributed by atoms with van der Waals surface area (Å²) in [7, 11) is 3.08. The Morgan fingerprint density at radius 3 is 2.56 bits per heavy atom. The standard InChI is InChI=1S/C25H28N2O7/c1-4-33-25(30)27-12-10-26(11-13-27)15-18-19(28)9-8-17-22(29)21(34-24(17)18)14-16-6-5-7-20(31-2)23(16)32-3/h5-9,14,28H,4,10-13,15H2,1-3H3/b21-14+. The Labute approximate surface area is 198 Å². The number of hydrogen-bond donors (Lipinski definition) is 1. The van der Waals surface area contributed by atoms with E-state index in [1.165, 1.54) is 13.2 Å². The molecule has 9 heteroatoms. The highest BCUT2D eigenvalue weighted by atomic mass is 16.6. The lowest BCUT2D eigenvalue weighted by Gasteiger charge is -2.34. The molecule has 2 aliphatic rings. The normalized spacial score (nSPS) is 16.9. The molecule has 0 radical (unpaired) electrons. The first-order valence-corrected chi connectivity index (χ1v) is 11.1. The van der Waals surface area contributed by atoms with Crippen molar-refractivity contribution in [3.63, 3.8) is 0 Å². The van der Waals surface area contributed by atoms with Crippen LogP contribution in [-0.4, -0.2) is 73.8 Å².